The first-order valence-corrected chi connectivity index (χ1v) is 6.62. The Balaban J connectivity index is 1.96. The molecule has 2 heterocycles. The summed E-state index contributed by atoms with van der Waals surface area (Å²) in [5, 5.41) is 12.2. The van der Waals surface area contributed by atoms with Gasteiger partial charge in [-0.1, -0.05) is 11.2 Å². The van der Waals surface area contributed by atoms with E-state index in [4.69, 9.17) is 9.63 Å². The third-order valence-corrected chi connectivity index (χ3v) is 3.70. The van der Waals surface area contributed by atoms with E-state index in [1.807, 2.05) is 0 Å². The lowest BCUT2D eigenvalue weighted by Gasteiger charge is -2.14. The minimum Gasteiger partial charge on any atom is -0.476 e. The molecule has 1 aliphatic heterocycles. The van der Waals surface area contributed by atoms with Crippen LogP contribution in [0.15, 0.2) is 33.3 Å². The average Bonchev–Trinajstić information content (AvgIpc) is 3.00. The van der Waals surface area contributed by atoms with Crippen molar-refractivity contribution in [3.05, 3.63) is 45.8 Å². The molecule has 0 bridgehead atoms. The van der Waals surface area contributed by atoms with Crippen molar-refractivity contribution in [1.29, 1.82) is 0 Å². The molecule has 0 saturated carbocycles. The number of carbonyl (C=O) groups is 3. The first-order chi connectivity index (χ1) is 9.99. The minimum absolute atomic E-state index is 0.0612. The third kappa shape index (κ3) is 2.13. The van der Waals surface area contributed by atoms with Gasteiger partial charge in [0.25, 0.3) is 11.7 Å². The highest BCUT2D eigenvalue weighted by Crippen LogP contribution is 2.35. The molecule has 0 atom stereocenters. The van der Waals surface area contributed by atoms with Crippen LogP contribution in [-0.2, 0) is 11.3 Å². The Kier molecular flexibility index (Phi) is 3.09. The maximum atomic E-state index is 12.0. The zero-order valence-electron chi connectivity index (χ0n) is 10.4. The molecule has 2 aromatic rings. The molecule has 1 aliphatic rings. The number of hydrogen-bond acceptors (Lipinski definition) is 5. The summed E-state index contributed by atoms with van der Waals surface area (Å²) >= 11 is 3.24. The van der Waals surface area contributed by atoms with E-state index >= 15 is 0 Å². The fourth-order valence-electron chi connectivity index (χ4n) is 2.10. The Morgan fingerprint density at radius 1 is 1.38 bits per heavy atom. The van der Waals surface area contributed by atoms with Crippen LogP contribution in [-0.4, -0.2) is 27.9 Å². The molecule has 1 aromatic carbocycles. The Morgan fingerprint density at radius 3 is 2.81 bits per heavy atom. The summed E-state index contributed by atoms with van der Waals surface area (Å²) in [5.41, 5.74) is 0.491. The number of carbonyl (C=O) groups excluding carboxylic acids is 2. The number of nitrogens with zero attached hydrogens (tertiary/aromatic N) is 2. The predicted molar refractivity (Wildman–Crippen MR) is 73.1 cm³/mol. The van der Waals surface area contributed by atoms with Crippen molar-refractivity contribution in [2.24, 2.45) is 0 Å². The lowest BCUT2D eigenvalue weighted by atomic mass is 10.1. The lowest BCUT2D eigenvalue weighted by Crippen LogP contribution is -2.28. The van der Waals surface area contributed by atoms with Crippen LogP contribution in [0.2, 0.25) is 0 Å². The summed E-state index contributed by atoms with van der Waals surface area (Å²) in [5.74, 6) is -2.35. The zero-order valence-corrected chi connectivity index (χ0v) is 12.0. The summed E-state index contributed by atoms with van der Waals surface area (Å²) in [6, 6.07) is 6.22. The van der Waals surface area contributed by atoms with Gasteiger partial charge in [0.15, 0.2) is 11.5 Å². The smallest absolute Gasteiger partial charge is 0.358 e. The number of fused-ring (bicyclic) bond motifs is 1. The van der Waals surface area contributed by atoms with E-state index < -0.39 is 17.7 Å². The highest BCUT2D eigenvalue weighted by molar-refractivity contribution is 9.10. The number of rotatable bonds is 3. The van der Waals surface area contributed by atoms with Crippen molar-refractivity contribution in [2.75, 3.05) is 4.90 Å². The van der Waals surface area contributed by atoms with Gasteiger partial charge in [-0.3, -0.25) is 14.5 Å². The van der Waals surface area contributed by atoms with E-state index in [1.165, 1.54) is 11.0 Å². The number of Topliss-reactive ketones (excluding diaryl/α,β-unsaturated/α-hetero) is 1. The molecule has 1 aromatic heterocycles. The molecule has 106 valence electrons. The van der Waals surface area contributed by atoms with Crippen molar-refractivity contribution >= 4 is 39.3 Å². The molecule has 1 amide bonds. The van der Waals surface area contributed by atoms with Crippen LogP contribution in [0, 0.1) is 0 Å². The Hall–Kier alpha value is -2.48. The number of amides is 1. The number of aromatic carboxylic acids is 1. The first-order valence-electron chi connectivity index (χ1n) is 5.82. The van der Waals surface area contributed by atoms with Crippen molar-refractivity contribution < 1.29 is 24.0 Å². The molecule has 0 saturated heterocycles. The normalized spacial score (nSPS) is 13.7. The Labute approximate surface area is 126 Å². The monoisotopic (exact) mass is 350 g/mol. The number of carboxylic acid groups (broad SMARTS) is 1. The second-order valence-electron chi connectivity index (χ2n) is 4.34. The fourth-order valence-corrected chi connectivity index (χ4v) is 2.64. The van der Waals surface area contributed by atoms with Gasteiger partial charge in [0, 0.05) is 10.5 Å². The van der Waals surface area contributed by atoms with E-state index in [2.05, 4.69) is 21.1 Å². The van der Waals surface area contributed by atoms with E-state index in [0.717, 1.165) is 0 Å². The van der Waals surface area contributed by atoms with Crippen LogP contribution in [0.25, 0.3) is 0 Å². The molecule has 0 radical (unpaired) electrons. The largest absolute Gasteiger partial charge is 0.476 e. The molecular weight excluding hydrogens is 344 g/mol. The van der Waals surface area contributed by atoms with Crippen LogP contribution in [0.1, 0.15) is 26.6 Å². The van der Waals surface area contributed by atoms with E-state index in [9.17, 15) is 14.4 Å². The molecular formula is C13H7BrN2O5. The maximum Gasteiger partial charge on any atom is 0.358 e. The summed E-state index contributed by atoms with van der Waals surface area (Å²) in [6.45, 7) is -0.0612. The van der Waals surface area contributed by atoms with E-state index in [-0.39, 0.29) is 18.0 Å². The van der Waals surface area contributed by atoms with Crippen molar-refractivity contribution in [3.8, 4) is 0 Å². The van der Waals surface area contributed by atoms with E-state index in [1.54, 1.807) is 18.2 Å². The van der Waals surface area contributed by atoms with Gasteiger partial charge in [-0.2, -0.15) is 0 Å². The summed E-state index contributed by atoms with van der Waals surface area (Å²) in [4.78, 5) is 36.0. The highest BCUT2D eigenvalue weighted by Gasteiger charge is 2.37. The molecule has 0 fully saturated rings. The summed E-state index contributed by atoms with van der Waals surface area (Å²) in [6.07, 6.45) is 0. The summed E-state index contributed by atoms with van der Waals surface area (Å²) in [7, 11) is 0. The number of carboxylic acids is 1. The molecule has 3 rings (SSSR count). The highest BCUT2D eigenvalue weighted by atomic mass is 79.9. The van der Waals surface area contributed by atoms with Crippen molar-refractivity contribution in [1.82, 2.24) is 5.16 Å². The topological polar surface area (TPSA) is 101 Å². The molecule has 21 heavy (non-hydrogen) atoms. The predicted octanol–water partition coefficient (Wildman–Crippen LogP) is 1.86. The first kappa shape index (κ1) is 13.5. The van der Waals surface area contributed by atoms with Crippen molar-refractivity contribution in [3.63, 3.8) is 0 Å². The second kappa shape index (κ2) is 4.81. The third-order valence-electron chi connectivity index (χ3n) is 3.04. The van der Waals surface area contributed by atoms with Crippen LogP contribution in [0.5, 0.6) is 0 Å². The number of halogens is 1. The number of anilines is 1. The van der Waals surface area contributed by atoms with Gasteiger partial charge in [-0.25, -0.2) is 4.79 Å². The number of benzene rings is 1. The van der Waals surface area contributed by atoms with Crippen LogP contribution in [0.3, 0.4) is 0 Å². The SMILES string of the molecule is O=C(O)c1cc(CN2C(=O)C(=O)c3c(Br)cccc32)on1. The van der Waals surface area contributed by atoms with Gasteiger partial charge < -0.3 is 9.63 Å². The molecule has 0 unspecified atom stereocenters. The average molecular weight is 351 g/mol. The van der Waals surface area contributed by atoms with Gasteiger partial charge in [-0.05, 0) is 28.1 Å². The minimum atomic E-state index is -1.23. The lowest BCUT2D eigenvalue weighted by molar-refractivity contribution is -0.114. The molecule has 0 spiro atoms. The van der Waals surface area contributed by atoms with Crippen LogP contribution < -0.4 is 4.90 Å². The quantitative estimate of drug-likeness (QED) is 0.848. The summed E-state index contributed by atoms with van der Waals surface area (Å²) < 4.78 is 5.40. The number of ketones is 1. The standard InChI is InChI=1S/C13H7BrN2O5/c14-7-2-1-3-9-10(7)11(17)12(18)16(9)5-6-4-8(13(19)20)15-21-6/h1-4H,5H2,(H,19,20). The van der Waals surface area contributed by atoms with Gasteiger partial charge in [0.1, 0.15) is 0 Å². The van der Waals surface area contributed by atoms with Gasteiger partial charge in [0.2, 0.25) is 0 Å². The molecule has 1 N–H and O–H groups in total. The number of aromatic nitrogens is 1. The molecule has 8 heteroatoms. The molecule has 0 aliphatic carbocycles. The maximum absolute atomic E-state index is 12.0. The van der Waals surface area contributed by atoms with Crippen LogP contribution in [0.4, 0.5) is 5.69 Å². The second-order valence-corrected chi connectivity index (χ2v) is 5.19. The van der Waals surface area contributed by atoms with Gasteiger partial charge >= 0.3 is 5.97 Å². The zero-order chi connectivity index (χ0) is 15.1. The number of hydrogen-bond donors (Lipinski definition) is 1. The van der Waals surface area contributed by atoms with Crippen molar-refractivity contribution in [2.45, 2.75) is 6.54 Å². The Morgan fingerprint density at radius 2 is 2.14 bits per heavy atom. The van der Waals surface area contributed by atoms with Crippen LogP contribution >= 0.6 is 15.9 Å². The van der Waals surface area contributed by atoms with E-state index in [0.29, 0.717) is 15.7 Å². The van der Waals surface area contributed by atoms with Gasteiger partial charge in [-0.15, -0.1) is 0 Å². The van der Waals surface area contributed by atoms with Gasteiger partial charge in [0.05, 0.1) is 17.8 Å². The Bertz CT molecular complexity index is 783. The molecule has 7 nitrogen and oxygen atoms in total. The fraction of sp³-hybridized carbons (Fsp3) is 0.0769.